The number of H-pyrrole nitrogens is 1. The number of aromatic amines is 1. The minimum Gasteiger partial charge on any atom is -0.457 e. The highest BCUT2D eigenvalue weighted by Gasteiger charge is 2.14. The molecular formula is C25H26N4O2. The van der Waals surface area contributed by atoms with Crippen molar-refractivity contribution in [2.24, 2.45) is 5.73 Å². The second-order valence-corrected chi connectivity index (χ2v) is 7.74. The Bertz CT molecular complexity index is 1170. The Kier molecular flexibility index (Phi) is 6.38. The van der Waals surface area contributed by atoms with Gasteiger partial charge in [-0.25, -0.2) is 4.98 Å². The number of hydrogen-bond acceptors (Lipinski definition) is 5. The summed E-state index contributed by atoms with van der Waals surface area (Å²) in [5.74, 6) is 1.60. The number of carbonyl (C=O) groups is 1. The number of nitrogens with zero attached hydrogens (tertiary/aromatic N) is 2. The number of nitrogens with two attached hydrogens (primary N) is 1. The molecule has 6 nitrogen and oxygen atoms in total. The van der Waals surface area contributed by atoms with Gasteiger partial charge in [-0.1, -0.05) is 12.1 Å². The summed E-state index contributed by atoms with van der Waals surface area (Å²) in [7, 11) is 0. The molecule has 4 aromatic rings. The summed E-state index contributed by atoms with van der Waals surface area (Å²) in [5.41, 5.74) is 10.3. The van der Waals surface area contributed by atoms with Gasteiger partial charge in [0, 0.05) is 43.7 Å². The Balaban J connectivity index is 1.37. The van der Waals surface area contributed by atoms with Gasteiger partial charge in [0.25, 0.3) is 0 Å². The van der Waals surface area contributed by atoms with Crippen LogP contribution in [0.15, 0.2) is 67.3 Å². The van der Waals surface area contributed by atoms with E-state index in [1.54, 1.807) is 18.6 Å². The molecule has 4 rings (SSSR count). The fourth-order valence-electron chi connectivity index (χ4n) is 3.71. The summed E-state index contributed by atoms with van der Waals surface area (Å²) in [6.45, 7) is 2.01. The van der Waals surface area contributed by atoms with Crippen LogP contribution in [0, 0.1) is 6.92 Å². The quantitative estimate of drug-likeness (QED) is 0.400. The minimum atomic E-state index is -0.358. The standard InChI is InChI=1S/C25H26N4O2/c1-17-16-29-25-24(17)23(10-13-28-25)31-21-7-3-5-19(14-21)22(26)15-20(30)6-2-4-18-8-11-27-12-9-18/h3,5,7-14,16,22H,2,4,6,15,26H2,1H3,(H,28,29). The predicted molar refractivity (Wildman–Crippen MR) is 121 cm³/mol. The van der Waals surface area contributed by atoms with E-state index in [1.807, 2.05) is 55.6 Å². The number of Topliss-reactive ketones (excluding diaryl/α,β-unsaturated/α-hetero) is 1. The van der Waals surface area contributed by atoms with Crippen LogP contribution in [0.5, 0.6) is 11.5 Å². The average molecular weight is 415 g/mol. The summed E-state index contributed by atoms with van der Waals surface area (Å²) in [6.07, 6.45) is 9.70. The average Bonchev–Trinajstić information content (AvgIpc) is 3.16. The number of aryl methyl sites for hydroxylation is 2. The second-order valence-electron chi connectivity index (χ2n) is 7.74. The van der Waals surface area contributed by atoms with Crippen molar-refractivity contribution in [2.75, 3.05) is 0 Å². The van der Waals surface area contributed by atoms with Crippen LogP contribution in [-0.4, -0.2) is 20.7 Å². The summed E-state index contributed by atoms with van der Waals surface area (Å²) in [5, 5.41) is 0.960. The van der Waals surface area contributed by atoms with E-state index in [0.29, 0.717) is 18.6 Å². The number of carbonyl (C=O) groups excluding carboxylic acids is 1. The molecule has 1 atom stereocenters. The summed E-state index contributed by atoms with van der Waals surface area (Å²) in [4.78, 5) is 23.9. The van der Waals surface area contributed by atoms with Crippen molar-refractivity contribution in [3.05, 3.63) is 83.9 Å². The van der Waals surface area contributed by atoms with E-state index in [9.17, 15) is 4.79 Å². The molecule has 1 aromatic carbocycles. The summed E-state index contributed by atoms with van der Waals surface area (Å²) >= 11 is 0. The van der Waals surface area contributed by atoms with Crippen LogP contribution >= 0.6 is 0 Å². The van der Waals surface area contributed by atoms with Crippen molar-refractivity contribution >= 4 is 16.8 Å². The topological polar surface area (TPSA) is 93.9 Å². The third-order valence-electron chi connectivity index (χ3n) is 5.36. The second kappa shape index (κ2) is 9.53. The van der Waals surface area contributed by atoms with E-state index in [-0.39, 0.29) is 11.8 Å². The molecule has 1 unspecified atom stereocenters. The van der Waals surface area contributed by atoms with Gasteiger partial charge >= 0.3 is 0 Å². The molecule has 6 heteroatoms. The molecule has 31 heavy (non-hydrogen) atoms. The van der Waals surface area contributed by atoms with E-state index in [2.05, 4.69) is 15.0 Å². The fraction of sp³-hybridized carbons (Fsp3) is 0.240. The maximum absolute atomic E-state index is 12.4. The molecule has 0 radical (unpaired) electrons. The van der Waals surface area contributed by atoms with Crippen molar-refractivity contribution in [3.8, 4) is 11.5 Å². The van der Waals surface area contributed by atoms with Gasteiger partial charge in [0.2, 0.25) is 0 Å². The zero-order chi connectivity index (χ0) is 21.6. The minimum absolute atomic E-state index is 0.173. The SMILES string of the molecule is Cc1c[nH]c2nccc(Oc3cccc(C(N)CC(=O)CCCc4ccncc4)c3)c12. The lowest BCUT2D eigenvalue weighted by molar-refractivity contribution is -0.119. The monoisotopic (exact) mass is 414 g/mol. The Morgan fingerprint density at radius 1 is 1.16 bits per heavy atom. The molecule has 0 bridgehead atoms. The van der Waals surface area contributed by atoms with Gasteiger partial charge in [-0.15, -0.1) is 0 Å². The van der Waals surface area contributed by atoms with Gasteiger partial charge in [-0.05, 0) is 66.8 Å². The van der Waals surface area contributed by atoms with Crippen LogP contribution in [0.4, 0.5) is 0 Å². The fourth-order valence-corrected chi connectivity index (χ4v) is 3.71. The molecule has 0 aliphatic carbocycles. The van der Waals surface area contributed by atoms with E-state index < -0.39 is 0 Å². The van der Waals surface area contributed by atoms with Crippen LogP contribution in [0.3, 0.4) is 0 Å². The molecule has 0 aliphatic rings. The molecule has 0 saturated heterocycles. The smallest absolute Gasteiger partial charge is 0.141 e. The highest BCUT2D eigenvalue weighted by Crippen LogP contribution is 2.32. The Labute approximate surface area is 181 Å². The number of rotatable bonds is 9. The maximum Gasteiger partial charge on any atom is 0.141 e. The lowest BCUT2D eigenvalue weighted by Gasteiger charge is -2.14. The van der Waals surface area contributed by atoms with Crippen molar-refractivity contribution < 1.29 is 9.53 Å². The van der Waals surface area contributed by atoms with Gasteiger partial charge < -0.3 is 15.5 Å². The van der Waals surface area contributed by atoms with Crippen LogP contribution in [0.25, 0.3) is 11.0 Å². The lowest BCUT2D eigenvalue weighted by Crippen LogP contribution is -2.15. The third-order valence-corrected chi connectivity index (χ3v) is 5.36. The number of ketones is 1. The van der Waals surface area contributed by atoms with Gasteiger partial charge in [-0.3, -0.25) is 9.78 Å². The third kappa shape index (κ3) is 5.16. The molecule has 158 valence electrons. The van der Waals surface area contributed by atoms with E-state index in [0.717, 1.165) is 40.8 Å². The van der Waals surface area contributed by atoms with Crippen LogP contribution < -0.4 is 10.5 Å². The largest absolute Gasteiger partial charge is 0.457 e. The van der Waals surface area contributed by atoms with E-state index in [1.165, 1.54) is 5.56 Å². The highest BCUT2D eigenvalue weighted by molar-refractivity contribution is 5.86. The molecular weight excluding hydrogens is 388 g/mol. The van der Waals surface area contributed by atoms with Crippen molar-refractivity contribution in [1.29, 1.82) is 0 Å². The first-order valence-electron chi connectivity index (χ1n) is 10.5. The molecule has 0 spiro atoms. The summed E-state index contributed by atoms with van der Waals surface area (Å²) in [6, 6.07) is 13.1. The Morgan fingerprint density at radius 3 is 2.84 bits per heavy atom. The first-order chi connectivity index (χ1) is 15.1. The van der Waals surface area contributed by atoms with Gasteiger partial charge in [0.15, 0.2) is 0 Å². The van der Waals surface area contributed by atoms with Crippen LogP contribution in [-0.2, 0) is 11.2 Å². The Morgan fingerprint density at radius 2 is 2.00 bits per heavy atom. The Hall–Kier alpha value is -3.51. The number of pyridine rings is 2. The zero-order valence-corrected chi connectivity index (χ0v) is 17.5. The van der Waals surface area contributed by atoms with Crippen molar-refractivity contribution in [2.45, 2.75) is 38.6 Å². The molecule has 0 aliphatic heterocycles. The number of hydrogen-bond donors (Lipinski definition) is 2. The van der Waals surface area contributed by atoms with Crippen molar-refractivity contribution in [1.82, 2.24) is 15.0 Å². The first-order valence-corrected chi connectivity index (χ1v) is 10.5. The highest BCUT2D eigenvalue weighted by atomic mass is 16.5. The molecule has 3 N–H and O–H groups in total. The maximum atomic E-state index is 12.4. The van der Waals surface area contributed by atoms with Gasteiger partial charge in [0.05, 0.1) is 5.39 Å². The van der Waals surface area contributed by atoms with Gasteiger partial charge in [0.1, 0.15) is 22.9 Å². The molecule has 3 heterocycles. The van der Waals surface area contributed by atoms with Crippen LogP contribution in [0.2, 0.25) is 0 Å². The zero-order valence-electron chi connectivity index (χ0n) is 17.5. The number of fused-ring (bicyclic) bond motifs is 1. The molecule has 0 fully saturated rings. The summed E-state index contributed by atoms with van der Waals surface area (Å²) < 4.78 is 6.13. The number of nitrogens with one attached hydrogen (secondary N) is 1. The van der Waals surface area contributed by atoms with Crippen LogP contribution in [0.1, 0.15) is 42.0 Å². The van der Waals surface area contributed by atoms with E-state index >= 15 is 0 Å². The molecule has 0 saturated carbocycles. The van der Waals surface area contributed by atoms with E-state index in [4.69, 9.17) is 10.5 Å². The number of aromatic nitrogens is 3. The lowest BCUT2D eigenvalue weighted by atomic mass is 9.99. The van der Waals surface area contributed by atoms with Crippen molar-refractivity contribution in [3.63, 3.8) is 0 Å². The molecule has 3 aromatic heterocycles. The first kappa shape index (κ1) is 20.8. The normalized spacial score (nSPS) is 12.1. The van der Waals surface area contributed by atoms with Gasteiger partial charge in [-0.2, -0.15) is 0 Å². The molecule has 0 amide bonds. The number of ether oxygens (including phenoxy) is 1. The number of benzene rings is 1. The predicted octanol–water partition coefficient (Wildman–Crippen LogP) is 5.04.